The zero-order chi connectivity index (χ0) is 17.7. The highest BCUT2D eigenvalue weighted by Gasteiger charge is 2.15. The van der Waals surface area contributed by atoms with Crippen LogP contribution in [0.2, 0.25) is 0 Å². The summed E-state index contributed by atoms with van der Waals surface area (Å²) in [6.07, 6.45) is 12.5. The van der Waals surface area contributed by atoms with E-state index in [9.17, 15) is 4.79 Å². The van der Waals surface area contributed by atoms with Crippen molar-refractivity contribution in [2.24, 2.45) is 5.92 Å². The van der Waals surface area contributed by atoms with Crippen molar-refractivity contribution in [2.45, 2.75) is 53.9 Å². The molecule has 2 heteroatoms. The highest BCUT2D eigenvalue weighted by atomic mass is 16.1. The lowest BCUT2D eigenvalue weighted by atomic mass is 9.94. The van der Waals surface area contributed by atoms with Crippen LogP contribution < -0.4 is 0 Å². The third-order valence-electron chi connectivity index (χ3n) is 3.41. The molecule has 0 bridgehead atoms. The fourth-order valence-corrected chi connectivity index (χ4v) is 2.05. The maximum absolute atomic E-state index is 12.4. The zero-order valence-electron chi connectivity index (χ0n) is 15.3. The van der Waals surface area contributed by atoms with E-state index in [-0.39, 0.29) is 11.7 Å². The van der Waals surface area contributed by atoms with Gasteiger partial charge in [-0.2, -0.15) is 0 Å². The molecule has 0 aliphatic rings. The minimum absolute atomic E-state index is 0.0621. The summed E-state index contributed by atoms with van der Waals surface area (Å²) in [5.74, 6) is 0.254. The minimum atomic E-state index is 0.0621. The lowest BCUT2D eigenvalue weighted by Crippen LogP contribution is -2.11. The van der Waals surface area contributed by atoms with E-state index >= 15 is 0 Å². The fourth-order valence-electron chi connectivity index (χ4n) is 2.05. The molecule has 0 aromatic carbocycles. The van der Waals surface area contributed by atoms with Gasteiger partial charge in [-0.25, -0.2) is 0 Å². The number of nitrogens with zero attached hydrogens (tertiary/aromatic N) is 1. The van der Waals surface area contributed by atoms with Crippen LogP contribution in [0.1, 0.15) is 69.9 Å². The van der Waals surface area contributed by atoms with E-state index in [1.54, 1.807) is 12.3 Å². The van der Waals surface area contributed by atoms with Crippen LogP contribution >= 0.6 is 0 Å². The quantitative estimate of drug-likeness (QED) is 0.418. The third-order valence-corrected chi connectivity index (χ3v) is 3.41. The Hall–Kier alpha value is -1.96. The van der Waals surface area contributed by atoms with Crippen LogP contribution in [0.25, 0.3) is 5.57 Å². The molecule has 0 amide bonds. The van der Waals surface area contributed by atoms with Gasteiger partial charge in [0.1, 0.15) is 0 Å². The number of Topliss-reactive ketones (excluding diaryl/α,β-unsaturated/α-hetero) is 1. The molecule has 0 radical (unpaired) electrons. The first-order valence-electron chi connectivity index (χ1n) is 8.59. The highest BCUT2D eigenvalue weighted by molar-refractivity contribution is 5.98. The van der Waals surface area contributed by atoms with E-state index in [0.29, 0.717) is 0 Å². The second-order valence-corrected chi connectivity index (χ2v) is 5.25. The van der Waals surface area contributed by atoms with Crippen LogP contribution in [0.4, 0.5) is 0 Å². The Morgan fingerprint density at radius 3 is 2.65 bits per heavy atom. The SMILES string of the molecule is C=C(/C=C\C=C/C)c1cc(C(=O)C(C)CCCC)ccn1.CC. The molecule has 1 heterocycles. The lowest BCUT2D eigenvalue weighted by molar-refractivity contribution is 0.0922. The van der Waals surface area contributed by atoms with Gasteiger partial charge in [-0.3, -0.25) is 9.78 Å². The van der Waals surface area contributed by atoms with Gasteiger partial charge in [-0.05, 0) is 31.1 Å². The van der Waals surface area contributed by atoms with Gasteiger partial charge < -0.3 is 0 Å². The first-order chi connectivity index (χ1) is 11.1. The Morgan fingerprint density at radius 2 is 2.04 bits per heavy atom. The van der Waals surface area contributed by atoms with Crippen molar-refractivity contribution in [2.75, 3.05) is 0 Å². The number of hydrogen-bond acceptors (Lipinski definition) is 2. The number of pyridine rings is 1. The predicted octanol–water partition coefficient (Wildman–Crippen LogP) is 6.26. The van der Waals surface area contributed by atoms with E-state index in [4.69, 9.17) is 0 Å². The second-order valence-electron chi connectivity index (χ2n) is 5.25. The average molecular weight is 313 g/mol. The molecule has 0 fully saturated rings. The Balaban J connectivity index is 0.00000232. The molecule has 126 valence electrons. The molecule has 0 N–H and O–H groups in total. The molecule has 1 aromatic heterocycles. The Bertz CT molecular complexity index is 541. The van der Waals surface area contributed by atoms with Gasteiger partial charge in [0.2, 0.25) is 0 Å². The van der Waals surface area contributed by atoms with E-state index < -0.39 is 0 Å². The van der Waals surface area contributed by atoms with E-state index in [1.165, 1.54) is 0 Å². The fraction of sp³-hybridized carbons (Fsp3) is 0.429. The normalized spacial score (nSPS) is 12.0. The molecule has 0 aliphatic carbocycles. The summed E-state index contributed by atoms with van der Waals surface area (Å²) in [6, 6.07) is 3.63. The first-order valence-corrected chi connectivity index (χ1v) is 8.59. The summed E-state index contributed by atoms with van der Waals surface area (Å²) in [5.41, 5.74) is 2.29. The Kier molecular flexibility index (Phi) is 11.5. The van der Waals surface area contributed by atoms with Gasteiger partial charge in [0.25, 0.3) is 0 Å². The monoisotopic (exact) mass is 313 g/mol. The topological polar surface area (TPSA) is 30.0 Å². The molecule has 0 aliphatic heterocycles. The molecule has 1 rings (SSSR count). The first kappa shape index (κ1) is 21.0. The lowest BCUT2D eigenvalue weighted by Gasteiger charge is -2.10. The third kappa shape index (κ3) is 7.73. The summed E-state index contributed by atoms with van der Waals surface area (Å²) >= 11 is 0. The number of allylic oxidation sites excluding steroid dienone is 5. The van der Waals surface area contributed by atoms with Gasteiger partial charge in [0, 0.05) is 17.7 Å². The van der Waals surface area contributed by atoms with Gasteiger partial charge in [-0.1, -0.05) is 71.4 Å². The Labute approximate surface area is 142 Å². The van der Waals surface area contributed by atoms with Crippen molar-refractivity contribution in [1.29, 1.82) is 0 Å². The maximum Gasteiger partial charge on any atom is 0.165 e. The van der Waals surface area contributed by atoms with E-state index in [1.807, 2.05) is 58.1 Å². The number of carbonyl (C=O) groups excluding carboxylic acids is 1. The minimum Gasteiger partial charge on any atom is -0.294 e. The number of unbranched alkanes of at least 4 members (excludes halogenated alkanes) is 1. The molecule has 2 nitrogen and oxygen atoms in total. The molecule has 0 saturated heterocycles. The van der Waals surface area contributed by atoms with Gasteiger partial charge in [-0.15, -0.1) is 0 Å². The van der Waals surface area contributed by atoms with Crippen LogP contribution in [-0.4, -0.2) is 10.8 Å². The van der Waals surface area contributed by atoms with Gasteiger partial charge in [0.05, 0.1) is 5.69 Å². The van der Waals surface area contributed by atoms with Crippen molar-refractivity contribution in [3.8, 4) is 0 Å². The molecule has 23 heavy (non-hydrogen) atoms. The number of ketones is 1. The standard InChI is InChI=1S/C19H25NO.C2H6/c1-5-7-9-11-15(3)18-14-17(12-13-20-18)19(21)16(4)10-8-6-2;1-2/h5,7,9,11-14,16H,3,6,8,10H2,1-2,4H3;1-2H3/b7-5-,11-9-;. The second kappa shape index (κ2) is 12.6. The summed E-state index contributed by atoms with van der Waals surface area (Å²) in [4.78, 5) is 16.7. The smallest absolute Gasteiger partial charge is 0.165 e. The predicted molar refractivity (Wildman–Crippen MR) is 102 cm³/mol. The molecule has 0 saturated carbocycles. The van der Waals surface area contributed by atoms with Crippen LogP contribution in [0.3, 0.4) is 0 Å². The van der Waals surface area contributed by atoms with Gasteiger partial charge >= 0.3 is 0 Å². The van der Waals surface area contributed by atoms with Crippen LogP contribution in [-0.2, 0) is 0 Å². The van der Waals surface area contributed by atoms with Gasteiger partial charge in [0.15, 0.2) is 5.78 Å². The van der Waals surface area contributed by atoms with E-state index in [2.05, 4.69) is 18.5 Å². The summed E-state index contributed by atoms with van der Waals surface area (Å²) in [5, 5.41) is 0. The number of hydrogen-bond donors (Lipinski definition) is 0. The largest absolute Gasteiger partial charge is 0.294 e. The summed E-state index contributed by atoms with van der Waals surface area (Å²) < 4.78 is 0. The molecular weight excluding hydrogens is 282 g/mol. The Morgan fingerprint density at radius 1 is 1.35 bits per heavy atom. The van der Waals surface area contributed by atoms with Crippen LogP contribution in [0.5, 0.6) is 0 Å². The number of aromatic nitrogens is 1. The molecule has 1 aromatic rings. The van der Waals surface area contributed by atoms with Crippen LogP contribution in [0.15, 0.2) is 49.2 Å². The van der Waals surface area contributed by atoms with Crippen molar-refractivity contribution in [1.82, 2.24) is 4.98 Å². The van der Waals surface area contributed by atoms with E-state index in [0.717, 1.165) is 36.1 Å². The number of carbonyl (C=O) groups is 1. The molecule has 1 unspecified atom stereocenters. The van der Waals surface area contributed by atoms with Crippen LogP contribution in [0, 0.1) is 5.92 Å². The highest BCUT2D eigenvalue weighted by Crippen LogP contribution is 2.18. The number of rotatable bonds is 8. The molecule has 0 spiro atoms. The molecule has 1 atom stereocenters. The summed E-state index contributed by atoms with van der Waals surface area (Å²) in [6.45, 7) is 14.1. The van der Waals surface area contributed by atoms with Crippen molar-refractivity contribution in [3.63, 3.8) is 0 Å². The summed E-state index contributed by atoms with van der Waals surface area (Å²) in [7, 11) is 0. The average Bonchev–Trinajstić information content (AvgIpc) is 2.61. The molecular formula is C21H31NO. The van der Waals surface area contributed by atoms with Crippen molar-refractivity contribution < 1.29 is 4.79 Å². The zero-order valence-corrected chi connectivity index (χ0v) is 15.3. The van der Waals surface area contributed by atoms with Crippen molar-refractivity contribution >= 4 is 11.4 Å². The van der Waals surface area contributed by atoms with Crippen molar-refractivity contribution in [3.05, 3.63) is 60.5 Å². The maximum atomic E-state index is 12.4.